The van der Waals surface area contributed by atoms with Crippen LogP contribution < -0.4 is 14.2 Å². The first kappa shape index (κ1) is 31.8. The Kier molecular flexibility index (Phi) is 11.4. The van der Waals surface area contributed by atoms with Crippen LogP contribution in [0.3, 0.4) is 0 Å². The zero-order valence-corrected chi connectivity index (χ0v) is 25.7. The lowest BCUT2D eigenvalue weighted by Gasteiger charge is -2.30. The quantitative estimate of drug-likeness (QED) is 0.111. The molecule has 212 valence electrons. The molecule has 0 unspecified atom stereocenters. The van der Waals surface area contributed by atoms with E-state index < -0.39 is 11.6 Å². The summed E-state index contributed by atoms with van der Waals surface area (Å²) in [5.74, 6) is 2.65. The number of carbonyl (C=O) groups excluding carboxylic acids is 1. The van der Waals surface area contributed by atoms with Gasteiger partial charge in [0, 0.05) is 28.4 Å². The molecule has 7 heteroatoms. The van der Waals surface area contributed by atoms with E-state index in [2.05, 4.69) is 53.7 Å². The molecular weight excluding hydrogens is 500 g/mol. The summed E-state index contributed by atoms with van der Waals surface area (Å²) >= 11 is 1.77. The number of thioether (sulfide) groups is 1. The summed E-state index contributed by atoms with van der Waals surface area (Å²) in [5, 5.41) is 0. The van der Waals surface area contributed by atoms with Crippen LogP contribution in [0.5, 0.6) is 17.2 Å². The van der Waals surface area contributed by atoms with Gasteiger partial charge in [-0.15, -0.1) is 11.8 Å². The van der Waals surface area contributed by atoms with E-state index in [0.717, 1.165) is 17.3 Å². The van der Waals surface area contributed by atoms with Crippen molar-refractivity contribution >= 4 is 17.7 Å². The van der Waals surface area contributed by atoms with E-state index >= 15 is 0 Å². The third-order valence-electron chi connectivity index (χ3n) is 5.75. The fraction of sp³-hybridized carbons (Fsp3) is 0.581. The molecule has 0 fully saturated rings. The van der Waals surface area contributed by atoms with Crippen LogP contribution in [0.4, 0.5) is 0 Å². The van der Waals surface area contributed by atoms with Crippen LogP contribution in [0.25, 0.3) is 0 Å². The minimum absolute atomic E-state index is 0.0831. The number of hydrogen-bond acceptors (Lipinski definition) is 7. The van der Waals surface area contributed by atoms with Crippen LogP contribution >= 0.6 is 11.8 Å². The third-order valence-corrected chi connectivity index (χ3v) is 6.69. The van der Waals surface area contributed by atoms with E-state index in [9.17, 15) is 4.79 Å². The maximum Gasteiger partial charge on any atom is 0.349 e. The number of benzene rings is 2. The van der Waals surface area contributed by atoms with Gasteiger partial charge in [-0.3, -0.25) is 0 Å². The van der Waals surface area contributed by atoms with E-state index in [4.69, 9.17) is 23.7 Å². The summed E-state index contributed by atoms with van der Waals surface area (Å²) in [6.07, 6.45) is 0. The van der Waals surface area contributed by atoms with Crippen LogP contribution in [0.15, 0.2) is 41.3 Å². The molecule has 2 rings (SSSR count). The fourth-order valence-corrected chi connectivity index (χ4v) is 4.51. The summed E-state index contributed by atoms with van der Waals surface area (Å²) in [7, 11) is 0. The molecule has 0 radical (unpaired) electrons. The van der Waals surface area contributed by atoms with Crippen molar-refractivity contribution in [1.82, 2.24) is 0 Å². The van der Waals surface area contributed by atoms with Crippen molar-refractivity contribution in [3.8, 4) is 17.2 Å². The Hall–Kier alpha value is -2.38. The van der Waals surface area contributed by atoms with E-state index in [1.165, 1.54) is 16.0 Å². The van der Waals surface area contributed by atoms with Gasteiger partial charge in [-0.05, 0) is 74.9 Å². The van der Waals surface area contributed by atoms with Gasteiger partial charge in [0.15, 0.2) is 12.4 Å². The predicted molar refractivity (Wildman–Crippen MR) is 155 cm³/mol. The minimum atomic E-state index is -1.06. The lowest BCUT2D eigenvalue weighted by molar-refractivity contribution is -0.158. The smallest absolute Gasteiger partial charge is 0.349 e. The van der Waals surface area contributed by atoms with Gasteiger partial charge in [-0.25, -0.2) is 4.79 Å². The first-order valence-corrected chi connectivity index (χ1v) is 14.3. The fourth-order valence-electron chi connectivity index (χ4n) is 3.70. The van der Waals surface area contributed by atoms with Gasteiger partial charge >= 0.3 is 5.97 Å². The Labute approximate surface area is 233 Å². The summed E-state index contributed by atoms with van der Waals surface area (Å²) in [5.41, 5.74) is 1.13. The lowest BCUT2D eigenvalue weighted by Crippen LogP contribution is -2.39. The van der Waals surface area contributed by atoms with Crippen molar-refractivity contribution in [2.75, 3.05) is 32.4 Å². The van der Waals surface area contributed by atoms with E-state index in [1.54, 1.807) is 44.7 Å². The van der Waals surface area contributed by atoms with Crippen LogP contribution in [-0.4, -0.2) is 43.9 Å². The van der Waals surface area contributed by atoms with Gasteiger partial charge < -0.3 is 23.7 Å². The second kappa shape index (κ2) is 13.6. The SMILES string of the molecule is CCOCOc1c(C(C)(C)C)cc(SCCOc2ccc(OC(C)(C)C(=O)OCC)cc2)cc1C(C)(C)C. The van der Waals surface area contributed by atoms with Crippen molar-refractivity contribution in [2.45, 2.75) is 90.6 Å². The molecule has 0 atom stereocenters. The van der Waals surface area contributed by atoms with E-state index in [1.807, 2.05) is 19.1 Å². The van der Waals surface area contributed by atoms with Crippen molar-refractivity contribution in [3.63, 3.8) is 0 Å². The Morgan fingerprint density at radius 2 is 1.34 bits per heavy atom. The topological polar surface area (TPSA) is 63.2 Å². The zero-order valence-electron chi connectivity index (χ0n) is 24.9. The van der Waals surface area contributed by atoms with Gasteiger partial charge in [-0.2, -0.15) is 0 Å². The highest BCUT2D eigenvalue weighted by Crippen LogP contribution is 2.42. The number of carbonyl (C=O) groups is 1. The second-order valence-electron chi connectivity index (χ2n) is 11.6. The number of rotatable bonds is 13. The van der Waals surface area contributed by atoms with Crippen molar-refractivity contribution < 1.29 is 28.5 Å². The number of ether oxygens (including phenoxy) is 5. The maximum absolute atomic E-state index is 12.1. The lowest BCUT2D eigenvalue weighted by atomic mass is 9.79. The monoisotopic (exact) mass is 546 g/mol. The molecule has 2 aromatic carbocycles. The molecule has 2 aromatic rings. The molecule has 0 amide bonds. The molecule has 0 spiro atoms. The summed E-state index contributed by atoms with van der Waals surface area (Å²) in [6.45, 7) is 22.1. The molecule has 38 heavy (non-hydrogen) atoms. The van der Waals surface area contributed by atoms with Gasteiger partial charge in [0.1, 0.15) is 17.2 Å². The van der Waals surface area contributed by atoms with Crippen molar-refractivity contribution in [2.24, 2.45) is 0 Å². The molecule has 6 nitrogen and oxygen atoms in total. The Morgan fingerprint density at radius 1 is 0.789 bits per heavy atom. The molecule has 0 aliphatic rings. The molecule has 0 saturated heterocycles. The molecule has 0 bridgehead atoms. The van der Waals surface area contributed by atoms with Crippen molar-refractivity contribution in [3.05, 3.63) is 47.5 Å². The first-order chi connectivity index (χ1) is 17.7. The van der Waals surface area contributed by atoms with E-state index in [-0.39, 0.29) is 17.6 Å². The van der Waals surface area contributed by atoms with Gasteiger partial charge in [0.05, 0.1) is 13.2 Å². The maximum atomic E-state index is 12.1. The van der Waals surface area contributed by atoms with Crippen LogP contribution in [0.1, 0.15) is 80.4 Å². The Morgan fingerprint density at radius 3 is 1.84 bits per heavy atom. The first-order valence-electron chi connectivity index (χ1n) is 13.3. The summed E-state index contributed by atoms with van der Waals surface area (Å²) in [4.78, 5) is 13.3. The van der Waals surface area contributed by atoms with Crippen LogP contribution in [-0.2, 0) is 25.1 Å². The second-order valence-corrected chi connectivity index (χ2v) is 12.8. The highest BCUT2D eigenvalue weighted by atomic mass is 32.2. The largest absolute Gasteiger partial charge is 0.493 e. The average Bonchev–Trinajstić information content (AvgIpc) is 2.82. The number of hydrogen-bond donors (Lipinski definition) is 0. The highest BCUT2D eigenvalue weighted by Gasteiger charge is 2.31. The van der Waals surface area contributed by atoms with Crippen molar-refractivity contribution in [1.29, 1.82) is 0 Å². The average molecular weight is 547 g/mol. The molecule has 0 saturated carbocycles. The minimum Gasteiger partial charge on any atom is -0.493 e. The standard InChI is InChI=1S/C31H46O6S/c1-11-33-21-36-27-25(29(3,4)5)19-24(20-26(27)30(6,7)8)38-18-17-35-22-13-15-23(16-14-22)37-31(9,10)28(32)34-12-2/h13-16,19-20H,11-12,17-18,21H2,1-10H3. The van der Waals surface area contributed by atoms with E-state index in [0.29, 0.717) is 25.6 Å². The molecule has 0 N–H and O–H groups in total. The van der Waals surface area contributed by atoms with Gasteiger partial charge in [-0.1, -0.05) is 41.5 Å². The molecule has 0 aliphatic carbocycles. The molecule has 0 aromatic heterocycles. The predicted octanol–water partition coefficient (Wildman–Crippen LogP) is 7.55. The Bertz CT molecular complexity index is 997. The molecule has 0 heterocycles. The van der Waals surface area contributed by atoms with Gasteiger partial charge in [0.25, 0.3) is 0 Å². The molecule has 0 aliphatic heterocycles. The zero-order chi connectivity index (χ0) is 28.6. The van der Waals surface area contributed by atoms with Crippen LogP contribution in [0, 0.1) is 0 Å². The summed E-state index contributed by atoms with van der Waals surface area (Å²) < 4.78 is 28.6. The van der Waals surface area contributed by atoms with Gasteiger partial charge in [0.2, 0.25) is 0 Å². The van der Waals surface area contributed by atoms with Crippen LogP contribution in [0.2, 0.25) is 0 Å². The highest BCUT2D eigenvalue weighted by molar-refractivity contribution is 7.99. The normalized spacial score (nSPS) is 12.3. The third kappa shape index (κ3) is 9.42. The summed E-state index contributed by atoms with van der Waals surface area (Å²) in [6, 6.07) is 11.8. The molecular formula is C31H46O6S. The number of esters is 1. The Balaban J connectivity index is 2.07.